The van der Waals surface area contributed by atoms with Gasteiger partial charge in [0, 0.05) is 0 Å². The molecule has 0 amide bonds. The number of hydrogen-bond acceptors (Lipinski definition) is 2. The fraction of sp³-hybridized carbons (Fsp3) is 0.333. The lowest BCUT2D eigenvalue weighted by Crippen LogP contribution is -2.55. The van der Waals surface area contributed by atoms with Crippen LogP contribution in [0.15, 0.2) is 24.3 Å². The van der Waals surface area contributed by atoms with Gasteiger partial charge >= 0.3 is 12.1 Å². The van der Waals surface area contributed by atoms with E-state index in [-0.39, 0.29) is 0 Å². The molecule has 17 heavy (non-hydrogen) atoms. The van der Waals surface area contributed by atoms with E-state index in [2.05, 4.69) is 0 Å². The third-order valence-corrected chi connectivity index (χ3v) is 2.04. The summed E-state index contributed by atoms with van der Waals surface area (Å²) in [5, 5.41) is 17.8. The average Bonchev–Trinajstić information content (AvgIpc) is 2.16. The molecule has 0 bridgehead atoms. The summed E-state index contributed by atoms with van der Waals surface area (Å²) in [5.41, 5.74) is -1.55. The second-order valence-corrected chi connectivity index (χ2v) is 3.22. The first-order chi connectivity index (χ1) is 7.52. The summed E-state index contributed by atoms with van der Waals surface area (Å²) in [4.78, 5) is 0. The maximum absolute atomic E-state index is 13.0. The van der Waals surface area contributed by atoms with Crippen molar-refractivity contribution in [1.82, 2.24) is 0 Å². The Hall–Kier alpha value is -1.28. The van der Waals surface area contributed by atoms with E-state index < -0.39 is 29.3 Å². The molecular formula is C9H6F6O2. The van der Waals surface area contributed by atoms with Crippen molar-refractivity contribution in [3.63, 3.8) is 0 Å². The van der Waals surface area contributed by atoms with Gasteiger partial charge in [0.1, 0.15) is 5.82 Å². The van der Waals surface area contributed by atoms with E-state index in [1.165, 1.54) is 0 Å². The van der Waals surface area contributed by atoms with Crippen molar-refractivity contribution in [1.29, 1.82) is 0 Å². The zero-order chi connectivity index (χ0) is 13.5. The van der Waals surface area contributed by atoms with Gasteiger partial charge in [-0.1, -0.05) is 18.2 Å². The minimum atomic E-state index is -6.22. The Kier molecular flexibility index (Phi) is 3.15. The van der Waals surface area contributed by atoms with Gasteiger partial charge in [0.05, 0.1) is 5.56 Å². The summed E-state index contributed by atoms with van der Waals surface area (Å²) in [6, 6.07) is 2.85. The van der Waals surface area contributed by atoms with Crippen LogP contribution in [0.4, 0.5) is 26.3 Å². The Bertz CT molecular complexity index is 412. The topological polar surface area (TPSA) is 40.5 Å². The van der Waals surface area contributed by atoms with Crippen molar-refractivity contribution in [2.75, 3.05) is 0 Å². The highest BCUT2D eigenvalue weighted by Crippen LogP contribution is 2.47. The molecule has 0 radical (unpaired) electrons. The van der Waals surface area contributed by atoms with Crippen molar-refractivity contribution in [3.05, 3.63) is 35.6 Å². The van der Waals surface area contributed by atoms with Crippen molar-refractivity contribution >= 4 is 0 Å². The van der Waals surface area contributed by atoms with E-state index in [0.717, 1.165) is 12.1 Å². The van der Waals surface area contributed by atoms with Gasteiger partial charge in [-0.25, -0.2) is 4.39 Å². The molecule has 0 atom stereocenters. The van der Waals surface area contributed by atoms with Crippen LogP contribution in [0.25, 0.3) is 0 Å². The molecule has 2 N–H and O–H groups in total. The van der Waals surface area contributed by atoms with E-state index in [9.17, 15) is 26.3 Å². The fourth-order valence-electron chi connectivity index (χ4n) is 1.11. The maximum atomic E-state index is 13.0. The van der Waals surface area contributed by atoms with Gasteiger partial charge in [0.15, 0.2) is 0 Å². The van der Waals surface area contributed by atoms with Gasteiger partial charge in [0.25, 0.3) is 5.79 Å². The number of benzene rings is 1. The average molecular weight is 260 g/mol. The molecule has 0 aliphatic carbocycles. The molecular weight excluding hydrogens is 254 g/mol. The third-order valence-electron chi connectivity index (χ3n) is 2.04. The van der Waals surface area contributed by atoms with Crippen molar-refractivity contribution in [2.24, 2.45) is 0 Å². The Morgan fingerprint density at radius 2 is 1.35 bits per heavy atom. The quantitative estimate of drug-likeness (QED) is 0.632. The molecule has 0 saturated heterocycles. The molecule has 8 heteroatoms. The van der Waals surface area contributed by atoms with Crippen LogP contribution >= 0.6 is 0 Å². The SMILES string of the molecule is OC(O)(c1ccccc1F)C(F)(F)C(F)(F)F. The number of alkyl halides is 5. The standard InChI is InChI=1S/C9H6F6O2/c10-6-4-2-1-3-5(6)7(16,17)8(11,12)9(13,14)15/h1-4,16-17H. The van der Waals surface area contributed by atoms with Gasteiger partial charge in [-0.15, -0.1) is 0 Å². The molecule has 0 saturated carbocycles. The van der Waals surface area contributed by atoms with Crippen molar-refractivity contribution in [2.45, 2.75) is 17.9 Å². The van der Waals surface area contributed by atoms with Crippen LogP contribution in [0, 0.1) is 5.82 Å². The van der Waals surface area contributed by atoms with Crippen LogP contribution in [-0.2, 0) is 5.79 Å². The molecule has 0 unspecified atom stereocenters. The van der Waals surface area contributed by atoms with Crippen LogP contribution in [-0.4, -0.2) is 22.3 Å². The fourth-order valence-corrected chi connectivity index (χ4v) is 1.11. The van der Waals surface area contributed by atoms with Crippen LogP contribution in [0.5, 0.6) is 0 Å². The summed E-state index contributed by atoms with van der Waals surface area (Å²) in [6.07, 6.45) is -6.22. The van der Waals surface area contributed by atoms with Crippen LogP contribution < -0.4 is 0 Å². The Morgan fingerprint density at radius 1 is 0.882 bits per heavy atom. The van der Waals surface area contributed by atoms with Crippen molar-refractivity contribution in [3.8, 4) is 0 Å². The predicted molar refractivity (Wildman–Crippen MR) is 43.5 cm³/mol. The number of rotatable bonds is 2. The normalized spacial score (nSPS) is 13.9. The van der Waals surface area contributed by atoms with Crippen LogP contribution in [0.3, 0.4) is 0 Å². The van der Waals surface area contributed by atoms with Gasteiger partial charge < -0.3 is 10.2 Å². The molecule has 96 valence electrons. The number of hydrogen-bond donors (Lipinski definition) is 2. The van der Waals surface area contributed by atoms with E-state index in [0.29, 0.717) is 12.1 Å². The summed E-state index contributed by atoms with van der Waals surface area (Å²) < 4.78 is 74.4. The Labute approximate surface area is 91.1 Å². The molecule has 2 nitrogen and oxygen atoms in total. The highest BCUT2D eigenvalue weighted by Gasteiger charge is 2.71. The monoisotopic (exact) mass is 260 g/mol. The van der Waals surface area contributed by atoms with Crippen LogP contribution in [0.2, 0.25) is 0 Å². The number of halogens is 6. The molecule has 1 rings (SSSR count). The highest BCUT2D eigenvalue weighted by molar-refractivity contribution is 5.24. The van der Waals surface area contributed by atoms with Gasteiger partial charge in [-0.2, -0.15) is 22.0 Å². The van der Waals surface area contributed by atoms with E-state index >= 15 is 0 Å². The molecule has 0 fully saturated rings. The van der Waals surface area contributed by atoms with E-state index in [1.54, 1.807) is 0 Å². The van der Waals surface area contributed by atoms with E-state index in [4.69, 9.17) is 10.2 Å². The second-order valence-electron chi connectivity index (χ2n) is 3.22. The predicted octanol–water partition coefficient (Wildman–Crippen LogP) is 2.16. The van der Waals surface area contributed by atoms with Gasteiger partial charge in [-0.05, 0) is 6.07 Å². The molecule has 0 aromatic heterocycles. The van der Waals surface area contributed by atoms with Gasteiger partial charge in [0.2, 0.25) is 0 Å². The number of aliphatic hydroxyl groups is 2. The molecule has 0 spiro atoms. The summed E-state index contributed by atoms with van der Waals surface area (Å²) in [6.45, 7) is 0. The van der Waals surface area contributed by atoms with Gasteiger partial charge in [-0.3, -0.25) is 0 Å². The Morgan fingerprint density at radius 3 is 1.76 bits per heavy atom. The first-order valence-electron chi connectivity index (χ1n) is 4.16. The lowest BCUT2D eigenvalue weighted by atomic mass is 9.98. The summed E-state index contributed by atoms with van der Waals surface area (Å²) in [7, 11) is 0. The zero-order valence-electron chi connectivity index (χ0n) is 7.97. The van der Waals surface area contributed by atoms with Crippen molar-refractivity contribution < 1.29 is 36.6 Å². The Balaban J connectivity index is 3.34. The molecule has 0 aliphatic heterocycles. The molecule has 1 aromatic rings. The maximum Gasteiger partial charge on any atom is 0.459 e. The summed E-state index contributed by atoms with van der Waals surface area (Å²) in [5.74, 6) is -12.2. The zero-order valence-corrected chi connectivity index (χ0v) is 7.97. The molecule has 0 heterocycles. The lowest BCUT2D eigenvalue weighted by Gasteiger charge is -2.32. The highest BCUT2D eigenvalue weighted by atomic mass is 19.4. The largest absolute Gasteiger partial charge is 0.459 e. The first-order valence-corrected chi connectivity index (χ1v) is 4.16. The molecule has 0 aliphatic rings. The first kappa shape index (κ1) is 13.8. The lowest BCUT2D eigenvalue weighted by molar-refractivity contribution is -0.402. The smallest absolute Gasteiger partial charge is 0.357 e. The van der Waals surface area contributed by atoms with Crippen LogP contribution in [0.1, 0.15) is 5.56 Å². The third kappa shape index (κ3) is 2.09. The molecule has 1 aromatic carbocycles. The second kappa shape index (κ2) is 3.88. The minimum Gasteiger partial charge on any atom is -0.357 e. The summed E-state index contributed by atoms with van der Waals surface area (Å²) >= 11 is 0. The minimum absolute atomic E-state index is 0.426. The van der Waals surface area contributed by atoms with E-state index in [1.807, 2.05) is 0 Å².